The molecule has 0 radical (unpaired) electrons. The van der Waals surface area contributed by atoms with Gasteiger partial charge in [0, 0.05) is 0 Å². The first kappa shape index (κ1) is 30.6. The van der Waals surface area contributed by atoms with Gasteiger partial charge in [0.05, 0.1) is 0 Å². The summed E-state index contributed by atoms with van der Waals surface area (Å²) in [5, 5.41) is 24.5. The normalized spacial score (nSPS) is 14.3. The molecule has 0 aromatic carbocycles. The Hall–Kier alpha value is -2.60. The van der Waals surface area contributed by atoms with Crippen LogP contribution in [0.1, 0.15) is 53.4 Å². The molecular weight excluding hydrogens is 416 g/mol. The average Bonchev–Trinajstić information content (AvgIpc) is 2.63. The second-order valence-corrected chi connectivity index (χ2v) is 7.62. The summed E-state index contributed by atoms with van der Waals surface area (Å²) < 4.78 is 13.6. The van der Waals surface area contributed by atoms with Gasteiger partial charge in [-0.1, -0.05) is 27.2 Å². The van der Waals surface area contributed by atoms with Crippen LogP contribution >= 0.6 is 0 Å². The van der Waals surface area contributed by atoms with E-state index >= 15 is 0 Å². The fraction of sp³-hybridized carbons (Fsp3) is 0.789. The lowest BCUT2D eigenvalue weighted by atomic mass is 9.93. The summed E-state index contributed by atoms with van der Waals surface area (Å²) in [6.45, 7) is 7.54. The number of rotatable bonds is 13. The number of nitrogens with two attached hydrogens (primary N) is 2. The highest BCUT2D eigenvalue weighted by Gasteiger charge is 2.17. The van der Waals surface area contributed by atoms with Crippen molar-refractivity contribution in [3.8, 4) is 0 Å². The van der Waals surface area contributed by atoms with Gasteiger partial charge in [0.2, 0.25) is 0 Å². The van der Waals surface area contributed by atoms with Gasteiger partial charge in [0.15, 0.2) is 0 Å². The van der Waals surface area contributed by atoms with E-state index < -0.39 is 42.9 Å². The fourth-order valence-corrected chi connectivity index (χ4v) is 2.40. The highest BCUT2D eigenvalue weighted by atomic mass is 16.7. The zero-order valence-electron chi connectivity index (χ0n) is 18.5. The lowest BCUT2D eigenvalue weighted by Gasteiger charge is -2.16. The van der Waals surface area contributed by atoms with Crippen LogP contribution in [0.4, 0.5) is 9.59 Å². The van der Waals surface area contributed by atoms with Crippen LogP contribution in [0, 0.1) is 11.8 Å². The molecule has 0 saturated carbocycles. The van der Waals surface area contributed by atoms with Crippen molar-refractivity contribution in [2.45, 2.75) is 71.6 Å². The zero-order chi connectivity index (χ0) is 24.6. The maximum Gasteiger partial charge on any atom is 0.508 e. The van der Waals surface area contributed by atoms with Crippen molar-refractivity contribution in [2.24, 2.45) is 23.3 Å². The van der Waals surface area contributed by atoms with E-state index in [9.17, 15) is 19.2 Å². The Morgan fingerprint density at radius 3 is 1.71 bits per heavy atom. The summed E-state index contributed by atoms with van der Waals surface area (Å²) in [6.07, 6.45) is 1.41. The minimum Gasteiger partial charge on any atom is -0.480 e. The van der Waals surface area contributed by atoms with Gasteiger partial charge in [-0.05, 0) is 38.0 Å². The van der Waals surface area contributed by atoms with E-state index in [0.29, 0.717) is 11.8 Å². The molecule has 0 saturated heterocycles. The first-order valence-electron chi connectivity index (χ1n) is 9.92. The molecule has 3 unspecified atom stereocenters. The SMILES string of the molecule is CC(C)CC(C)CCCC(C)OC(=O)OCC(N)C(=O)O.N[C@@H](COC(=O)O)C(=O)O. The van der Waals surface area contributed by atoms with Crippen LogP contribution < -0.4 is 11.5 Å². The summed E-state index contributed by atoms with van der Waals surface area (Å²) in [5.74, 6) is -1.14. The average molecular weight is 453 g/mol. The number of carboxylic acids is 2. The molecule has 0 aliphatic heterocycles. The molecule has 12 nitrogen and oxygen atoms in total. The Morgan fingerprint density at radius 2 is 1.29 bits per heavy atom. The first-order chi connectivity index (χ1) is 14.3. The molecule has 0 amide bonds. The minimum absolute atomic E-state index is 0.246. The molecule has 12 heteroatoms. The summed E-state index contributed by atoms with van der Waals surface area (Å²) in [5.41, 5.74) is 10.1. The van der Waals surface area contributed by atoms with E-state index in [0.717, 1.165) is 19.3 Å². The summed E-state index contributed by atoms with van der Waals surface area (Å²) in [7, 11) is 0. The molecule has 0 aliphatic rings. The van der Waals surface area contributed by atoms with Crippen molar-refractivity contribution < 1.29 is 48.7 Å². The Morgan fingerprint density at radius 1 is 0.806 bits per heavy atom. The van der Waals surface area contributed by atoms with E-state index in [2.05, 4.69) is 30.2 Å². The van der Waals surface area contributed by atoms with Crippen molar-refractivity contribution >= 4 is 24.2 Å². The number of ether oxygens (including phenoxy) is 3. The maximum atomic E-state index is 11.3. The van der Waals surface area contributed by atoms with Gasteiger partial charge in [-0.15, -0.1) is 0 Å². The minimum atomic E-state index is -1.53. The van der Waals surface area contributed by atoms with E-state index in [4.69, 9.17) is 31.5 Å². The topological polar surface area (TPSA) is 209 Å². The third kappa shape index (κ3) is 20.5. The van der Waals surface area contributed by atoms with Crippen molar-refractivity contribution in [1.29, 1.82) is 0 Å². The predicted octanol–water partition coefficient (Wildman–Crippen LogP) is 1.89. The lowest BCUT2D eigenvalue weighted by molar-refractivity contribution is -0.140. The molecule has 0 rings (SSSR count). The number of aliphatic carboxylic acids is 2. The van der Waals surface area contributed by atoms with Gasteiger partial charge in [-0.2, -0.15) is 0 Å². The van der Waals surface area contributed by atoms with Gasteiger partial charge in [-0.3, -0.25) is 9.59 Å². The highest BCUT2D eigenvalue weighted by molar-refractivity contribution is 5.74. The van der Waals surface area contributed by atoms with Crippen molar-refractivity contribution in [3.63, 3.8) is 0 Å². The number of carbonyl (C=O) groups excluding carboxylic acids is 1. The van der Waals surface area contributed by atoms with Crippen LogP contribution in [-0.4, -0.2) is 71.0 Å². The van der Waals surface area contributed by atoms with Crippen LogP contribution in [0.15, 0.2) is 0 Å². The molecule has 31 heavy (non-hydrogen) atoms. The van der Waals surface area contributed by atoms with Crippen LogP contribution in [-0.2, 0) is 23.8 Å². The highest BCUT2D eigenvalue weighted by Crippen LogP contribution is 2.18. The molecule has 182 valence electrons. The smallest absolute Gasteiger partial charge is 0.480 e. The second-order valence-electron chi connectivity index (χ2n) is 7.62. The third-order valence-electron chi connectivity index (χ3n) is 3.88. The molecule has 0 heterocycles. The molecule has 0 fully saturated rings. The second kappa shape index (κ2) is 17.1. The van der Waals surface area contributed by atoms with Crippen LogP contribution in [0.5, 0.6) is 0 Å². The zero-order valence-corrected chi connectivity index (χ0v) is 18.5. The van der Waals surface area contributed by atoms with Crippen LogP contribution in [0.3, 0.4) is 0 Å². The van der Waals surface area contributed by atoms with E-state index in [1.165, 1.54) is 6.42 Å². The maximum absolute atomic E-state index is 11.3. The number of hydrogen-bond donors (Lipinski definition) is 5. The van der Waals surface area contributed by atoms with Gasteiger partial charge < -0.3 is 41.0 Å². The van der Waals surface area contributed by atoms with Crippen LogP contribution in [0.2, 0.25) is 0 Å². The van der Waals surface area contributed by atoms with E-state index in [-0.39, 0.29) is 12.7 Å². The summed E-state index contributed by atoms with van der Waals surface area (Å²) >= 11 is 0. The molecule has 0 aromatic heterocycles. The monoisotopic (exact) mass is 452 g/mol. The standard InChI is InChI=1S/C15H29NO5.C4H7NO5/c1-10(2)8-11(3)6-5-7-12(4)21-15(19)20-9-13(16)14(17)18;5-2(3(6)7)1-10-4(8)9/h10-13H,5-9,16H2,1-4H3,(H,17,18);2H,1,5H2,(H,6,7)(H,8,9)/t;2-/m.0/s1. The number of carbonyl (C=O) groups is 4. The number of hydrogen-bond acceptors (Lipinski definition) is 9. The van der Waals surface area contributed by atoms with E-state index in [1.54, 1.807) is 6.92 Å². The lowest BCUT2D eigenvalue weighted by Crippen LogP contribution is -2.36. The summed E-state index contributed by atoms with van der Waals surface area (Å²) in [4.78, 5) is 41.4. The number of carboxylic acid groups (broad SMARTS) is 3. The molecule has 0 aliphatic carbocycles. The van der Waals surface area contributed by atoms with Crippen molar-refractivity contribution in [3.05, 3.63) is 0 Å². The van der Waals surface area contributed by atoms with Crippen molar-refractivity contribution in [1.82, 2.24) is 0 Å². The van der Waals surface area contributed by atoms with Crippen molar-refractivity contribution in [2.75, 3.05) is 13.2 Å². The third-order valence-corrected chi connectivity index (χ3v) is 3.88. The van der Waals surface area contributed by atoms with Gasteiger partial charge >= 0.3 is 24.2 Å². The Bertz CT molecular complexity index is 556. The Kier molecular flexibility index (Phi) is 16.9. The summed E-state index contributed by atoms with van der Waals surface area (Å²) in [6, 6.07) is -2.50. The Labute approximate surface area is 181 Å². The molecular formula is C19H36N2O10. The van der Waals surface area contributed by atoms with Crippen LogP contribution in [0.25, 0.3) is 0 Å². The largest absolute Gasteiger partial charge is 0.508 e. The van der Waals surface area contributed by atoms with Gasteiger partial charge in [0.25, 0.3) is 0 Å². The van der Waals surface area contributed by atoms with Gasteiger partial charge in [-0.25, -0.2) is 9.59 Å². The molecule has 7 N–H and O–H groups in total. The molecule has 4 atom stereocenters. The van der Waals surface area contributed by atoms with Gasteiger partial charge in [0.1, 0.15) is 31.4 Å². The molecule has 0 spiro atoms. The quantitative estimate of drug-likeness (QED) is 0.254. The Balaban J connectivity index is 0. The first-order valence-corrected chi connectivity index (χ1v) is 9.92. The molecule has 0 bridgehead atoms. The predicted molar refractivity (Wildman–Crippen MR) is 110 cm³/mol. The fourth-order valence-electron chi connectivity index (χ4n) is 2.40. The molecule has 0 aromatic rings. The van der Waals surface area contributed by atoms with E-state index in [1.807, 2.05) is 0 Å².